The largest absolute Gasteiger partial charge is 0.342 e. The van der Waals surface area contributed by atoms with Gasteiger partial charge in [-0.3, -0.25) is 9.20 Å². The molecular weight excluding hydrogens is 470 g/mol. The number of hydrogen-bond donors (Lipinski definition) is 1. The van der Waals surface area contributed by atoms with Crippen LogP contribution in [0.3, 0.4) is 0 Å². The van der Waals surface area contributed by atoms with Gasteiger partial charge in [-0.25, -0.2) is 9.67 Å². The van der Waals surface area contributed by atoms with Crippen molar-refractivity contribution in [1.82, 2.24) is 34.7 Å². The van der Waals surface area contributed by atoms with Gasteiger partial charge < -0.3 is 5.32 Å². The highest BCUT2D eigenvalue weighted by atomic mass is 32.2. The van der Waals surface area contributed by atoms with E-state index in [4.69, 9.17) is 4.98 Å². The van der Waals surface area contributed by atoms with Gasteiger partial charge in [0.2, 0.25) is 0 Å². The summed E-state index contributed by atoms with van der Waals surface area (Å²) in [5.74, 6) is 1.41. The molecule has 36 heavy (non-hydrogen) atoms. The van der Waals surface area contributed by atoms with E-state index in [1.165, 1.54) is 0 Å². The number of nitrogens with zero attached hydrogens (tertiary/aromatic N) is 6. The average Bonchev–Trinajstić information content (AvgIpc) is 3.51. The Labute approximate surface area is 214 Å². The molecule has 5 rings (SSSR count). The van der Waals surface area contributed by atoms with Gasteiger partial charge in [0, 0.05) is 17.8 Å². The molecule has 1 atom stereocenters. The van der Waals surface area contributed by atoms with E-state index in [0.717, 1.165) is 45.9 Å². The molecule has 8 nitrogen and oxygen atoms in total. The maximum absolute atomic E-state index is 13.9. The monoisotopic (exact) mass is 499 g/mol. The van der Waals surface area contributed by atoms with Crippen LogP contribution in [0.15, 0.2) is 60.9 Å². The van der Waals surface area contributed by atoms with Crippen LogP contribution < -0.4 is 5.32 Å². The Bertz CT molecular complexity index is 1540. The van der Waals surface area contributed by atoms with E-state index < -0.39 is 0 Å². The molecule has 184 valence electrons. The molecule has 1 amide bonds. The standard InChI is InChI=1S/C27H29N7OS/c1-17(2)34-25-21(16-28-34)20(15-23(29-25)19-10-6-5-9-18(19)3)27(35)30-22(12-14-36-4)26-32-31-24-11-7-8-13-33(24)26/h5-11,13,15-17,22H,12,14H2,1-4H3,(H,30,35). The first-order chi connectivity index (χ1) is 17.5. The minimum atomic E-state index is -0.298. The second-order valence-electron chi connectivity index (χ2n) is 9.08. The number of amides is 1. The molecule has 0 saturated heterocycles. The third-order valence-electron chi connectivity index (χ3n) is 6.29. The Kier molecular flexibility index (Phi) is 6.73. The second-order valence-corrected chi connectivity index (χ2v) is 10.1. The van der Waals surface area contributed by atoms with Crippen molar-refractivity contribution in [3.05, 3.63) is 77.9 Å². The first-order valence-corrected chi connectivity index (χ1v) is 13.4. The normalized spacial score (nSPS) is 12.5. The van der Waals surface area contributed by atoms with Crippen LogP contribution in [0.4, 0.5) is 0 Å². The van der Waals surface area contributed by atoms with Crippen molar-refractivity contribution in [1.29, 1.82) is 0 Å². The van der Waals surface area contributed by atoms with Crippen LogP contribution >= 0.6 is 11.8 Å². The van der Waals surface area contributed by atoms with Crippen molar-refractivity contribution < 1.29 is 4.79 Å². The molecule has 0 spiro atoms. The molecule has 4 heterocycles. The fraction of sp³-hybridized carbons (Fsp3) is 0.296. The summed E-state index contributed by atoms with van der Waals surface area (Å²) in [5, 5.41) is 17.3. The summed E-state index contributed by atoms with van der Waals surface area (Å²) in [4.78, 5) is 18.8. The molecule has 1 aromatic carbocycles. The van der Waals surface area contributed by atoms with Gasteiger partial charge in [0.15, 0.2) is 17.1 Å². The minimum absolute atomic E-state index is 0.106. The lowest BCUT2D eigenvalue weighted by molar-refractivity contribution is 0.0935. The lowest BCUT2D eigenvalue weighted by Crippen LogP contribution is -2.30. The summed E-state index contributed by atoms with van der Waals surface area (Å²) in [5.41, 5.74) is 4.84. The number of thioether (sulfide) groups is 1. The summed E-state index contributed by atoms with van der Waals surface area (Å²) in [7, 11) is 0. The SMILES string of the molecule is CSCCC(NC(=O)c1cc(-c2ccccc2C)nc2c1cnn2C(C)C)c1nnc2ccccn12. The number of benzene rings is 1. The van der Waals surface area contributed by atoms with Crippen LogP contribution in [0.1, 0.15) is 54.1 Å². The number of fused-ring (bicyclic) bond motifs is 2. The van der Waals surface area contributed by atoms with Gasteiger partial charge in [-0.05, 0) is 63.0 Å². The molecule has 1 N–H and O–H groups in total. The number of carbonyl (C=O) groups is 1. The molecule has 0 aliphatic carbocycles. The lowest BCUT2D eigenvalue weighted by atomic mass is 10.0. The van der Waals surface area contributed by atoms with Crippen LogP contribution in [0.2, 0.25) is 0 Å². The van der Waals surface area contributed by atoms with Crippen LogP contribution in [0.25, 0.3) is 27.9 Å². The van der Waals surface area contributed by atoms with Crippen molar-refractivity contribution >= 4 is 34.3 Å². The maximum Gasteiger partial charge on any atom is 0.252 e. The van der Waals surface area contributed by atoms with Crippen LogP contribution in [0.5, 0.6) is 0 Å². The average molecular weight is 500 g/mol. The fourth-order valence-corrected chi connectivity index (χ4v) is 4.89. The first kappa shape index (κ1) is 24.0. The zero-order valence-electron chi connectivity index (χ0n) is 20.8. The van der Waals surface area contributed by atoms with E-state index >= 15 is 0 Å². The molecule has 9 heteroatoms. The van der Waals surface area contributed by atoms with Crippen LogP contribution in [-0.2, 0) is 0 Å². The highest BCUT2D eigenvalue weighted by molar-refractivity contribution is 7.98. The second kappa shape index (κ2) is 10.1. The number of aryl methyl sites for hydroxylation is 1. The van der Waals surface area contributed by atoms with E-state index in [9.17, 15) is 4.79 Å². The third-order valence-corrected chi connectivity index (χ3v) is 6.93. The van der Waals surface area contributed by atoms with Crippen molar-refractivity contribution in [3.63, 3.8) is 0 Å². The Morgan fingerprint density at radius 3 is 2.69 bits per heavy atom. The van der Waals surface area contributed by atoms with E-state index in [1.54, 1.807) is 18.0 Å². The van der Waals surface area contributed by atoms with E-state index in [-0.39, 0.29) is 18.0 Å². The highest BCUT2D eigenvalue weighted by Crippen LogP contribution is 2.29. The zero-order valence-corrected chi connectivity index (χ0v) is 21.7. The molecule has 0 radical (unpaired) electrons. The minimum Gasteiger partial charge on any atom is -0.342 e. The van der Waals surface area contributed by atoms with Gasteiger partial charge >= 0.3 is 0 Å². The third kappa shape index (κ3) is 4.46. The van der Waals surface area contributed by atoms with Crippen molar-refractivity contribution in [2.75, 3.05) is 12.0 Å². The summed E-state index contributed by atoms with van der Waals surface area (Å²) in [6.07, 6.45) is 6.45. The molecule has 5 aromatic rings. The van der Waals surface area contributed by atoms with Crippen molar-refractivity contribution in [2.24, 2.45) is 0 Å². The Hall–Kier alpha value is -3.72. The number of nitrogens with one attached hydrogen (secondary N) is 1. The predicted octanol–water partition coefficient (Wildman–Crippen LogP) is 5.25. The number of carbonyl (C=O) groups excluding carboxylic acids is 1. The van der Waals surface area contributed by atoms with Crippen molar-refractivity contribution in [2.45, 2.75) is 39.3 Å². The number of rotatable bonds is 8. The lowest BCUT2D eigenvalue weighted by Gasteiger charge is -2.18. The van der Waals surface area contributed by atoms with E-state index in [0.29, 0.717) is 11.2 Å². The van der Waals surface area contributed by atoms with E-state index in [2.05, 4.69) is 53.7 Å². The Balaban J connectivity index is 1.60. The molecule has 4 aromatic heterocycles. The number of hydrogen-bond acceptors (Lipinski definition) is 6. The van der Waals surface area contributed by atoms with Gasteiger partial charge in [-0.15, -0.1) is 10.2 Å². The molecule has 1 unspecified atom stereocenters. The smallest absolute Gasteiger partial charge is 0.252 e. The van der Waals surface area contributed by atoms with Crippen LogP contribution in [0, 0.1) is 6.92 Å². The number of pyridine rings is 2. The quantitative estimate of drug-likeness (QED) is 0.313. The topological polar surface area (TPSA) is 90.0 Å². The summed E-state index contributed by atoms with van der Waals surface area (Å²) in [6.45, 7) is 6.17. The summed E-state index contributed by atoms with van der Waals surface area (Å²) in [6, 6.07) is 15.5. The van der Waals surface area contributed by atoms with Gasteiger partial charge in [-0.2, -0.15) is 16.9 Å². The zero-order chi connectivity index (χ0) is 25.2. The fourth-order valence-electron chi connectivity index (χ4n) is 4.42. The highest BCUT2D eigenvalue weighted by Gasteiger charge is 2.24. The first-order valence-electron chi connectivity index (χ1n) is 12.0. The number of aromatic nitrogens is 6. The molecule has 0 saturated carbocycles. The molecule has 0 aliphatic heterocycles. The molecule has 0 fully saturated rings. The Morgan fingerprint density at radius 2 is 1.92 bits per heavy atom. The van der Waals surface area contributed by atoms with Crippen LogP contribution in [-0.4, -0.2) is 47.3 Å². The van der Waals surface area contributed by atoms with Gasteiger partial charge in [-0.1, -0.05) is 30.3 Å². The predicted molar refractivity (Wildman–Crippen MR) is 144 cm³/mol. The van der Waals surface area contributed by atoms with Gasteiger partial charge in [0.05, 0.1) is 28.9 Å². The van der Waals surface area contributed by atoms with Crippen molar-refractivity contribution in [3.8, 4) is 11.3 Å². The summed E-state index contributed by atoms with van der Waals surface area (Å²) >= 11 is 1.73. The van der Waals surface area contributed by atoms with Gasteiger partial charge in [0.25, 0.3) is 5.91 Å². The molecule has 0 bridgehead atoms. The summed E-state index contributed by atoms with van der Waals surface area (Å²) < 4.78 is 3.80. The molecule has 0 aliphatic rings. The molecular formula is C27H29N7OS. The maximum atomic E-state index is 13.9. The van der Waals surface area contributed by atoms with Gasteiger partial charge in [0.1, 0.15) is 0 Å². The van der Waals surface area contributed by atoms with E-state index in [1.807, 2.05) is 57.7 Å². The Morgan fingerprint density at radius 1 is 1.11 bits per heavy atom.